The molecule has 8 unspecified atom stereocenters. The van der Waals surface area contributed by atoms with Gasteiger partial charge in [-0.3, -0.25) is 15.2 Å². The van der Waals surface area contributed by atoms with Gasteiger partial charge in [-0.15, -0.1) is 0 Å². The van der Waals surface area contributed by atoms with Gasteiger partial charge in [0.25, 0.3) is 0 Å². The molecule has 5 rings (SSSR count). The number of hydrazone groups is 1. The van der Waals surface area contributed by atoms with E-state index in [-0.39, 0.29) is 11.3 Å². The third-order valence-electron chi connectivity index (χ3n) is 13.8. The summed E-state index contributed by atoms with van der Waals surface area (Å²) in [6.45, 7) is 20.5. The Morgan fingerprint density at radius 2 is 1.70 bits per heavy atom. The van der Waals surface area contributed by atoms with Gasteiger partial charge < -0.3 is 4.90 Å². The average Bonchev–Trinajstić information content (AvgIpc) is 3.45. The molecule has 0 aliphatic heterocycles. The maximum atomic E-state index is 14.0. The Hall–Kier alpha value is -2.01. The molecule has 0 heterocycles. The minimum absolute atomic E-state index is 0.132. The van der Waals surface area contributed by atoms with Gasteiger partial charge in [0.05, 0.1) is 6.54 Å². The zero-order valence-electron chi connectivity index (χ0n) is 31.1. The highest BCUT2D eigenvalue weighted by atomic mass is 16.1. The highest BCUT2D eigenvalue weighted by Crippen LogP contribution is 2.72. The molecule has 0 bridgehead atoms. The fourth-order valence-electron chi connectivity index (χ4n) is 11.8. The summed E-state index contributed by atoms with van der Waals surface area (Å²) in [4.78, 5) is 21.3. The van der Waals surface area contributed by atoms with Crippen LogP contribution < -0.4 is 5.43 Å². The SMILES string of the molecule is C\C=C/C(=C\C=N\NC(CC12CCC3C(CCC4C5(C)CCC(C)C5CCC34C)C1=C(C(C)C)C(=O)C2)=NCCN(C)C)C(C)C. The van der Waals surface area contributed by atoms with Gasteiger partial charge in [0.15, 0.2) is 5.78 Å². The van der Waals surface area contributed by atoms with Crippen LogP contribution in [0.4, 0.5) is 0 Å². The van der Waals surface area contributed by atoms with E-state index < -0.39 is 0 Å². The zero-order chi connectivity index (χ0) is 33.4. The average molecular weight is 631 g/mol. The quantitative estimate of drug-likeness (QED) is 0.113. The molecule has 46 heavy (non-hydrogen) atoms. The van der Waals surface area contributed by atoms with Crippen molar-refractivity contribution in [3.63, 3.8) is 0 Å². The van der Waals surface area contributed by atoms with Gasteiger partial charge in [0.1, 0.15) is 5.84 Å². The molecule has 0 aromatic carbocycles. The minimum Gasteiger partial charge on any atom is -0.308 e. The molecule has 0 saturated heterocycles. The van der Waals surface area contributed by atoms with Gasteiger partial charge in [-0.05, 0) is 142 Å². The van der Waals surface area contributed by atoms with E-state index in [0.717, 1.165) is 49.5 Å². The molecule has 5 aliphatic carbocycles. The number of Topliss-reactive ketones (excluding diaryl/α,β-unsaturated/α-hetero) is 1. The number of carbonyl (C=O) groups is 1. The van der Waals surface area contributed by atoms with Crippen LogP contribution in [-0.4, -0.2) is 49.9 Å². The first-order chi connectivity index (χ1) is 21.8. The molecule has 8 atom stereocenters. The molecular weight excluding hydrogens is 564 g/mol. The second-order valence-corrected chi connectivity index (χ2v) is 17.4. The van der Waals surface area contributed by atoms with Crippen LogP contribution in [0.15, 0.2) is 45.0 Å². The predicted molar refractivity (Wildman–Crippen MR) is 195 cm³/mol. The second-order valence-electron chi connectivity index (χ2n) is 17.4. The Kier molecular flexibility index (Phi) is 10.6. The van der Waals surface area contributed by atoms with Crippen LogP contribution >= 0.6 is 0 Å². The normalized spacial score (nSPS) is 38.4. The number of aliphatic imine (C=N–C) groups is 1. The van der Waals surface area contributed by atoms with Crippen molar-refractivity contribution in [2.24, 2.45) is 67.8 Å². The molecule has 5 aliphatic rings. The summed E-state index contributed by atoms with van der Waals surface area (Å²) in [5.41, 5.74) is 8.13. The Morgan fingerprint density at radius 3 is 2.37 bits per heavy atom. The van der Waals surface area contributed by atoms with E-state index in [0.29, 0.717) is 40.8 Å². The van der Waals surface area contributed by atoms with Crippen LogP contribution in [-0.2, 0) is 4.79 Å². The molecule has 0 aromatic rings. The lowest BCUT2D eigenvalue weighted by Gasteiger charge is -2.64. The molecule has 5 nitrogen and oxygen atoms in total. The summed E-state index contributed by atoms with van der Waals surface area (Å²) >= 11 is 0. The Bertz CT molecular complexity index is 1280. The number of likely N-dealkylation sites (N-methyl/N-ethyl adjacent to an activating group) is 1. The van der Waals surface area contributed by atoms with Crippen molar-refractivity contribution in [2.45, 2.75) is 120 Å². The number of hydrogen-bond donors (Lipinski definition) is 1. The number of allylic oxidation sites excluding steroid dienone is 6. The van der Waals surface area contributed by atoms with Gasteiger partial charge >= 0.3 is 0 Å². The van der Waals surface area contributed by atoms with E-state index in [1.54, 1.807) is 5.57 Å². The lowest BCUT2D eigenvalue weighted by Crippen LogP contribution is -2.57. The number of ketones is 1. The number of amidine groups is 1. The van der Waals surface area contributed by atoms with E-state index in [4.69, 9.17) is 4.99 Å². The number of carbonyl (C=O) groups excluding carboxylic acids is 1. The summed E-state index contributed by atoms with van der Waals surface area (Å²) in [5.74, 6) is 5.87. The van der Waals surface area contributed by atoms with Gasteiger partial charge in [-0.25, -0.2) is 0 Å². The first kappa shape index (κ1) is 35.3. The molecule has 0 aromatic heterocycles. The molecule has 5 heteroatoms. The van der Waals surface area contributed by atoms with E-state index in [1.165, 1.54) is 56.1 Å². The van der Waals surface area contributed by atoms with E-state index in [2.05, 4.69) is 103 Å². The first-order valence-electron chi connectivity index (χ1n) is 18.8. The molecule has 0 amide bonds. The number of fused-ring (bicyclic) bond motifs is 7. The first-order valence-corrected chi connectivity index (χ1v) is 18.8. The van der Waals surface area contributed by atoms with Gasteiger partial charge in [0.2, 0.25) is 0 Å². The monoisotopic (exact) mass is 631 g/mol. The lowest BCUT2D eigenvalue weighted by molar-refractivity contribution is -0.133. The van der Waals surface area contributed by atoms with Gasteiger partial charge in [-0.2, -0.15) is 5.10 Å². The molecule has 256 valence electrons. The lowest BCUT2D eigenvalue weighted by atomic mass is 9.40. The van der Waals surface area contributed by atoms with Crippen LogP contribution in [0.1, 0.15) is 120 Å². The molecule has 4 fully saturated rings. The maximum absolute atomic E-state index is 14.0. The molecule has 0 radical (unpaired) electrons. The smallest absolute Gasteiger partial charge is 0.160 e. The zero-order valence-corrected chi connectivity index (χ0v) is 31.1. The summed E-state index contributed by atoms with van der Waals surface area (Å²) in [5, 5.41) is 4.68. The van der Waals surface area contributed by atoms with Crippen LogP contribution in [0.5, 0.6) is 0 Å². The molecule has 4 saturated carbocycles. The van der Waals surface area contributed by atoms with Crippen molar-refractivity contribution in [1.29, 1.82) is 0 Å². The highest BCUT2D eigenvalue weighted by Gasteiger charge is 2.64. The Morgan fingerprint density at radius 1 is 1.00 bits per heavy atom. The molecular formula is C41H66N4O. The highest BCUT2D eigenvalue weighted by molar-refractivity contribution is 6.01. The van der Waals surface area contributed by atoms with Crippen LogP contribution in [0.2, 0.25) is 0 Å². The van der Waals surface area contributed by atoms with E-state index >= 15 is 0 Å². The summed E-state index contributed by atoms with van der Waals surface area (Å²) in [6, 6.07) is 0. The molecule has 0 spiro atoms. The third-order valence-corrected chi connectivity index (χ3v) is 13.8. The van der Waals surface area contributed by atoms with E-state index in [9.17, 15) is 4.79 Å². The van der Waals surface area contributed by atoms with Gasteiger partial charge in [0, 0.05) is 31.0 Å². The van der Waals surface area contributed by atoms with Crippen LogP contribution in [0.3, 0.4) is 0 Å². The topological polar surface area (TPSA) is 57.1 Å². The minimum atomic E-state index is -0.132. The summed E-state index contributed by atoms with van der Waals surface area (Å²) in [7, 11) is 4.20. The fourth-order valence-corrected chi connectivity index (χ4v) is 11.8. The summed E-state index contributed by atoms with van der Waals surface area (Å²) in [6.07, 6.45) is 20.2. The number of nitrogens with one attached hydrogen (secondary N) is 1. The van der Waals surface area contributed by atoms with Crippen molar-refractivity contribution in [1.82, 2.24) is 10.3 Å². The van der Waals surface area contributed by atoms with Crippen molar-refractivity contribution in [2.75, 3.05) is 27.2 Å². The van der Waals surface area contributed by atoms with Crippen LogP contribution in [0.25, 0.3) is 0 Å². The number of rotatable bonds is 10. The number of hydrogen-bond acceptors (Lipinski definition) is 4. The van der Waals surface area contributed by atoms with Gasteiger partial charge in [-0.1, -0.05) is 66.2 Å². The number of nitrogens with zero attached hydrogens (tertiary/aromatic N) is 3. The fraction of sp³-hybridized carbons (Fsp3) is 0.780. The summed E-state index contributed by atoms with van der Waals surface area (Å²) < 4.78 is 0. The maximum Gasteiger partial charge on any atom is 0.160 e. The van der Waals surface area contributed by atoms with Crippen molar-refractivity contribution >= 4 is 17.8 Å². The van der Waals surface area contributed by atoms with E-state index in [1.807, 2.05) is 6.21 Å². The van der Waals surface area contributed by atoms with Crippen molar-refractivity contribution in [3.05, 3.63) is 34.9 Å². The third kappa shape index (κ3) is 6.40. The molecule has 1 N–H and O–H groups in total. The Balaban J connectivity index is 1.47. The largest absolute Gasteiger partial charge is 0.308 e. The standard InChI is InChI=1S/C41H66N4O/c1-11-12-30(27(2)3)18-22-43-44-36(42-23-24-45(9)10)26-41-21-17-33-31(38(41)37(28(4)5)34(46)25-41)13-14-35-39(7)19-15-29(6)32(39)16-20-40(33,35)8/h11-12,18,22,27-29,31-33,35H,13-17,19-21,23-26H2,1-10H3,(H,42,44)/b12-11-,30-18+,43-22+. The van der Waals surface area contributed by atoms with Crippen molar-refractivity contribution < 1.29 is 4.79 Å². The predicted octanol–water partition coefficient (Wildman–Crippen LogP) is 9.27. The van der Waals surface area contributed by atoms with Crippen molar-refractivity contribution in [3.8, 4) is 0 Å². The van der Waals surface area contributed by atoms with Crippen LogP contribution in [0, 0.1) is 57.7 Å². The Labute approximate surface area is 281 Å². The second kappa shape index (κ2) is 13.8.